The van der Waals surface area contributed by atoms with Crippen LogP contribution in [0.2, 0.25) is 0 Å². The van der Waals surface area contributed by atoms with Crippen molar-refractivity contribution in [3.8, 4) is 11.5 Å². The van der Waals surface area contributed by atoms with Crippen molar-refractivity contribution in [3.05, 3.63) is 22.2 Å². The number of carbonyl (C=O) groups excluding carboxylic acids is 1. The fraction of sp³-hybridized carbons (Fsp3) is 0.533. The van der Waals surface area contributed by atoms with Gasteiger partial charge in [-0.3, -0.25) is 4.79 Å². The third kappa shape index (κ3) is 4.89. The van der Waals surface area contributed by atoms with Crippen LogP contribution in [0.15, 0.2) is 16.6 Å². The molecule has 5 nitrogen and oxygen atoms in total. The van der Waals surface area contributed by atoms with Gasteiger partial charge >= 0.3 is 0 Å². The van der Waals surface area contributed by atoms with E-state index >= 15 is 0 Å². The maximum absolute atomic E-state index is 11.8. The lowest BCUT2D eigenvalue weighted by Crippen LogP contribution is -2.41. The summed E-state index contributed by atoms with van der Waals surface area (Å²) < 4.78 is 11.7. The van der Waals surface area contributed by atoms with Crippen molar-refractivity contribution in [2.75, 3.05) is 27.8 Å². The monoisotopic (exact) mass is 358 g/mol. The molecule has 1 rings (SSSR count). The summed E-state index contributed by atoms with van der Waals surface area (Å²) in [4.78, 5) is 13.4. The standard InChI is InChI=1S/C15H23BrN2O3/c1-6-21-14-12(16)7-11(8-13(14)20-5)9-17-10(2)15(19)18(3)4/h7-8,10,17H,6,9H2,1-5H3. The van der Waals surface area contributed by atoms with Crippen molar-refractivity contribution in [3.63, 3.8) is 0 Å². The van der Waals surface area contributed by atoms with Gasteiger partial charge in [-0.05, 0) is 47.5 Å². The van der Waals surface area contributed by atoms with Gasteiger partial charge in [0.15, 0.2) is 11.5 Å². The van der Waals surface area contributed by atoms with E-state index in [4.69, 9.17) is 9.47 Å². The third-order valence-corrected chi connectivity index (χ3v) is 3.59. The number of benzene rings is 1. The lowest BCUT2D eigenvalue weighted by atomic mass is 10.2. The predicted octanol–water partition coefficient (Wildman–Crippen LogP) is 2.42. The van der Waals surface area contributed by atoms with E-state index < -0.39 is 0 Å². The van der Waals surface area contributed by atoms with E-state index in [0.29, 0.717) is 24.7 Å². The van der Waals surface area contributed by atoms with Gasteiger partial charge < -0.3 is 19.7 Å². The summed E-state index contributed by atoms with van der Waals surface area (Å²) >= 11 is 3.49. The normalized spacial score (nSPS) is 11.9. The summed E-state index contributed by atoms with van der Waals surface area (Å²) in [5.74, 6) is 1.42. The van der Waals surface area contributed by atoms with E-state index in [0.717, 1.165) is 10.0 Å². The molecule has 6 heteroatoms. The molecule has 1 amide bonds. The van der Waals surface area contributed by atoms with Crippen LogP contribution in [0.25, 0.3) is 0 Å². The Kier molecular flexibility index (Phi) is 6.98. The summed E-state index contributed by atoms with van der Waals surface area (Å²) in [6.45, 7) is 4.92. The van der Waals surface area contributed by atoms with E-state index in [1.807, 2.05) is 26.0 Å². The van der Waals surface area contributed by atoms with Crippen LogP contribution in [0.5, 0.6) is 11.5 Å². The van der Waals surface area contributed by atoms with Gasteiger partial charge in [-0.25, -0.2) is 0 Å². The molecule has 0 saturated heterocycles. The van der Waals surface area contributed by atoms with Gasteiger partial charge in [0.25, 0.3) is 0 Å². The first-order valence-corrected chi connectivity index (χ1v) is 7.63. The van der Waals surface area contributed by atoms with Gasteiger partial charge in [-0.1, -0.05) is 0 Å². The molecular weight excluding hydrogens is 336 g/mol. The van der Waals surface area contributed by atoms with Crippen molar-refractivity contribution in [1.82, 2.24) is 10.2 Å². The smallest absolute Gasteiger partial charge is 0.238 e. The minimum Gasteiger partial charge on any atom is -0.493 e. The fourth-order valence-corrected chi connectivity index (χ4v) is 2.51. The van der Waals surface area contributed by atoms with Crippen LogP contribution < -0.4 is 14.8 Å². The zero-order valence-corrected chi connectivity index (χ0v) is 14.8. The highest BCUT2D eigenvalue weighted by Gasteiger charge is 2.15. The van der Waals surface area contributed by atoms with Crippen molar-refractivity contribution in [2.24, 2.45) is 0 Å². The molecule has 1 atom stereocenters. The molecule has 0 radical (unpaired) electrons. The van der Waals surface area contributed by atoms with E-state index in [1.54, 1.807) is 26.1 Å². The molecule has 0 bridgehead atoms. The largest absolute Gasteiger partial charge is 0.493 e. The molecule has 0 spiro atoms. The highest BCUT2D eigenvalue weighted by Crippen LogP contribution is 2.36. The quantitative estimate of drug-likeness (QED) is 0.813. The highest BCUT2D eigenvalue weighted by molar-refractivity contribution is 9.10. The van der Waals surface area contributed by atoms with Gasteiger partial charge in [0.05, 0.1) is 24.2 Å². The molecule has 0 aliphatic heterocycles. The summed E-state index contributed by atoms with van der Waals surface area (Å²) in [7, 11) is 5.10. The van der Waals surface area contributed by atoms with Crippen LogP contribution in [0.4, 0.5) is 0 Å². The minimum atomic E-state index is -0.240. The second kappa shape index (κ2) is 8.24. The molecule has 0 aliphatic carbocycles. The number of likely N-dealkylation sites (N-methyl/N-ethyl adjacent to an activating group) is 1. The molecule has 0 aliphatic rings. The molecule has 1 aromatic carbocycles. The van der Waals surface area contributed by atoms with Crippen LogP contribution in [0.1, 0.15) is 19.4 Å². The van der Waals surface area contributed by atoms with Gasteiger partial charge in [-0.2, -0.15) is 0 Å². The topological polar surface area (TPSA) is 50.8 Å². The summed E-state index contributed by atoms with van der Waals surface area (Å²) in [6.07, 6.45) is 0. The molecule has 0 fully saturated rings. The van der Waals surface area contributed by atoms with Crippen molar-refractivity contribution < 1.29 is 14.3 Å². The number of halogens is 1. The Morgan fingerprint density at radius 1 is 1.43 bits per heavy atom. The van der Waals surface area contributed by atoms with E-state index in [2.05, 4.69) is 21.2 Å². The van der Waals surface area contributed by atoms with E-state index in [9.17, 15) is 4.79 Å². The second-order valence-electron chi connectivity index (χ2n) is 4.88. The first-order chi connectivity index (χ1) is 9.90. The number of hydrogen-bond donors (Lipinski definition) is 1. The first-order valence-electron chi connectivity index (χ1n) is 6.84. The molecule has 0 saturated carbocycles. The van der Waals surface area contributed by atoms with Crippen LogP contribution in [-0.2, 0) is 11.3 Å². The van der Waals surface area contributed by atoms with Gasteiger partial charge in [0, 0.05) is 20.6 Å². The molecule has 1 aromatic rings. The Hall–Kier alpha value is -1.27. The average Bonchev–Trinajstić information content (AvgIpc) is 2.46. The minimum absolute atomic E-state index is 0.0481. The number of amides is 1. The molecule has 0 heterocycles. The van der Waals surface area contributed by atoms with Crippen molar-refractivity contribution in [1.29, 1.82) is 0 Å². The number of hydrogen-bond acceptors (Lipinski definition) is 4. The van der Waals surface area contributed by atoms with Crippen LogP contribution in [-0.4, -0.2) is 44.7 Å². The maximum atomic E-state index is 11.8. The number of nitrogens with zero attached hydrogens (tertiary/aromatic N) is 1. The Labute approximate surface area is 134 Å². The maximum Gasteiger partial charge on any atom is 0.238 e. The van der Waals surface area contributed by atoms with Gasteiger partial charge in [-0.15, -0.1) is 0 Å². The summed E-state index contributed by atoms with van der Waals surface area (Å²) in [5.41, 5.74) is 1.01. The molecule has 21 heavy (non-hydrogen) atoms. The zero-order chi connectivity index (χ0) is 16.0. The molecule has 118 valence electrons. The molecule has 0 aromatic heterocycles. The third-order valence-electron chi connectivity index (χ3n) is 3.00. The first kappa shape index (κ1) is 17.8. The number of rotatable bonds is 7. The lowest BCUT2D eigenvalue weighted by molar-refractivity contribution is -0.130. The predicted molar refractivity (Wildman–Crippen MR) is 86.9 cm³/mol. The fourth-order valence-electron chi connectivity index (χ4n) is 1.91. The van der Waals surface area contributed by atoms with Crippen LogP contribution in [0.3, 0.4) is 0 Å². The van der Waals surface area contributed by atoms with Crippen molar-refractivity contribution >= 4 is 21.8 Å². The van der Waals surface area contributed by atoms with Gasteiger partial charge in [0.2, 0.25) is 5.91 Å². The second-order valence-corrected chi connectivity index (χ2v) is 5.73. The zero-order valence-electron chi connectivity index (χ0n) is 13.2. The molecular formula is C15H23BrN2O3. The molecule has 1 N–H and O–H groups in total. The molecule has 1 unspecified atom stereocenters. The lowest BCUT2D eigenvalue weighted by Gasteiger charge is -2.19. The summed E-state index contributed by atoms with van der Waals surface area (Å²) in [6, 6.07) is 3.64. The Bertz CT molecular complexity index is 492. The van der Waals surface area contributed by atoms with Crippen LogP contribution >= 0.6 is 15.9 Å². The number of nitrogens with one attached hydrogen (secondary N) is 1. The Morgan fingerprint density at radius 2 is 2.10 bits per heavy atom. The number of carbonyl (C=O) groups is 1. The van der Waals surface area contributed by atoms with Gasteiger partial charge in [0.1, 0.15) is 0 Å². The number of methoxy groups -OCH3 is 1. The summed E-state index contributed by atoms with van der Waals surface area (Å²) in [5, 5.41) is 3.20. The van der Waals surface area contributed by atoms with Crippen molar-refractivity contribution in [2.45, 2.75) is 26.4 Å². The highest BCUT2D eigenvalue weighted by atomic mass is 79.9. The van der Waals surface area contributed by atoms with E-state index in [1.165, 1.54) is 0 Å². The SMILES string of the molecule is CCOc1c(Br)cc(CNC(C)C(=O)N(C)C)cc1OC. The van der Waals surface area contributed by atoms with E-state index in [-0.39, 0.29) is 11.9 Å². The number of ether oxygens (including phenoxy) is 2. The Morgan fingerprint density at radius 3 is 2.62 bits per heavy atom. The Balaban J connectivity index is 2.81. The van der Waals surface area contributed by atoms with Crippen LogP contribution in [0, 0.1) is 0 Å². The average molecular weight is 359 g/mol.